The number of hydrogen-bond acceptors (Lipinski definition) is 5. The summed E-state index contributed by atoms with van der Waals surface area (Å²) in [6.07, 6.45) is 3.56. The van der Waals surface area contributed by atoms with Gasteiger partial charge in [-0.2, -0.15) is 0 Å². The second-order valence-electron chi connectivity index (χ2n) is 6.16. The summed E-state index contributed by atoms with van der Waals surface area (Å²) in [5.41, 5.74) is 2.28. The third kappa shape index (κ3) is 4.89. The van der Waals surface area contributed by atoms with Gasteiger partial charge in [0.2, 0.25) is 5.91 Å². The van der Waals surface area contributed by atoms with Crippen molar-refractivity contribution in [1.29, 1.82) is 0 Å². The second kappa shape index (κ2) is 8.58. The zero-order chi connectivity index (χ0) is 20.1. The van der Waals surface area contributed by atoms with Gasteiger partial charge in [0.15, 0.2) is 0 Å². The zero-order valence-electron chi connectivity index (χ0n) is 15.1. The average molecular weight is 394 g/mol. The molecule has 2 N–H and O–H groups in total. The Morgan fingerprint density at radius 1 is 1.11 bits per heavy atom. The molecule has 0 unspecified atom stereocenters. The van der Waals surface area contributed by atoms with E-state index in [-0.39, 0.29) is 17.2 Å². The molecule has 3 amide bonds. The number of nitrogens with one attached hydrogen (secondary N) is 1. The van der Waals surface area contributed by atoms with Crippen molar-refractivity contribution >= 4 is 40.6 Å². The largest absolute Gasteiger partial charge is 0.508 e. The predicted octanol–water partition coefficient (Wildman–Crippen LogP) is 4.01. The highest BCUT2D eigenvalue weighted by atomic mass is 32.2. The molecule has 1 heterocycles. The number of imide groups is 1. The monoisotopic (exact) mass is 394 g/mol. The van der Waals surface area contributed by atoms with Crippen molar-refractivity contribution in [2.24, 2.45) is 0 Å². The van der Waals surface area contributed by atoms with Gasteiger partial charge in [0, 0.05) is 5.69 Å². The van der Waals surface area contributed by atoms with Crippen LogP contribution in [0, 0.1) is 0 Å². The first kappa shape index (κ1) is 19.4. The summed E-state index contributed by atoms with van der Waals surface area (Å²) in [5.74, 6) is -0.907. The third-order valence-electron chi connectivity index (χ3n) is 3.88. The molecule has 1 fully saturated rings. The SMILES string of the molecule is CC(=Cc1ccccc1)C=C1SC(=O)N(CC(=O)Nc2ccc(O)cc2)C1=O. The second-order valence-corrected chi connectivity index (χ2v) is 7.16. The summed E-state index contributed by atoms with van der Waals surface area (Å²) in [5, 5.41) is 11.4. The minimum absolute atomic E-state index is 0.0769. The Morgan fingerprint density at radius 2 is 1.79 bits per heavy atom. The van der Waals surface area contributed by atoms with Crippen LogP contribution in [0.1, 0.15) is 12.5 Å². The zero-order valence-corrected chi connectivity index (χ0v) is 15.9. The summed E-state index contributed by atoms with van der Waals surface area (Å²) in [4.78, 5) is 38.0. The maximum Gasteiger partial charge on any atom is 0.294 e. The molecule has 0 bridgehead atoms. The molecule has 7 heteroatoms. The molecular formula is C21H18N2O4S. The van der Waals surface area contributed by atoms with E-state index in [1.807, 2.05) is 43.3 Å². The fraction of sp³-hybridized carbons (Fsp3) is 0.0952. The number of nitrogens with zero attached hydrogens (tertiary/aromatic N) is 1. The summed E-state index contributed by atoms with van der Waals surface area (Å²) in [7, 11) is 0. The van der Waals surface area contributed by atoms with Crippen LogP contribution < -0.4 is 5.32 Å². The maximum atomic E-state index is 12.5. The molecule has 0 radical (unpaired) electrons. The van der Waals surface area contributed by atoms with E-state index in [1.54, 1.807) is 6.08 Å². The fourth-order valence-electron chi connectivity index (χ4n) is 2.59. The van der Waals surface area contributed by atoms with Gasteiger partial charge in [0.05, 0.1) is 4.91 Å². The van der Waals surface area contributed by atoms with Gasteiger partial charge in [-0.05, 0) is 60.2 Å². The number of benzene rings is 2. The molecule has 6 nitrogen and oxygen atoms in total. The molecular weight excluding hydrogens is 376 g/mol. The maximum absolute atomic E-state index is 12.5. The van der Waals surface area contributed by atoms with Gasteiger partial charge >= 0.3 is 0 Å². The first-order chi connectivity index (χ1) is 13.4. The number of anilines is 1. The lowest BCUT2D eigenvalue weighted by Crippen LogP contribution is -2.36. The number of rotatable bonds is 5. The predicted molar refractivity (Wildman–Crippen MR) is 110 cm³/mol. The molecule has 2 aromatic rings. The molecule has 0 aromatic heterocycles. The Hall–Kier alpha value is -3.32. The van der Waals surface area contributed by atoms with Crippen molar-refractivity contribution in [2.75, 3.05) is 11.9 Å². The molecule has 142 valence electrons. The number of phenolic OH excluding ortho intramolecular Hbond substituents is 1. The van der Waals surface area contributed by atoms with Crippen molar-refractivity contribution in [3.05, 3.63) is 76.7 Å². The van der Waals surface area contributed by atoms with Gasteiger partial charge in [-0.1, -0.05) is 36.4 Å². The van der Waals surface area contributed by atoms with Crippen LogP contribution in [-0.4, -0.2) is 33.6 Å². The lowest BCUT2D eigenvalue weighted by atomic mass is 10.1. The van der Waals surface area contributed by atoms with Crippen molar-refractivity contribution in [2.45, 2.75) is 6.92 Å². The van der Waals surface area contributed by atoms with Crippen molar-refractivity contribution < 1.29 is 19.5 Å². The van der Waals surface area contributed by atoms with E-state index in [0.717, 1.165) is 27.8 Å². The van der Waals surface area contributed by atoms with E-state index in [2.05, 4.69) is 5.32 Å². The third-order valence-corrected chi connectivity index (χ3v) is 4.79. The van der Waals surface area contributed by atoms with Crippen molar-refractivity contribution in [3.63, 3.8) is 0 Å². The van der Waals surface area contributed by atoms with E-state index in [1.165, 1.54) is 24.3 Å². The van der Waals surface area contributed by atoms with E-state index >= 15 is 0 Å². The number of amides is 3. The highest BCUT2D eigenvalue weighted by Gasteiger charge is 2.36. The molecule has 0 spiro atoms. The van der Waals surface area contributed by atoms with Crippen molar-refractivity contribution in [1.82, 2.24) is 4.90 Å². The standard InChI is InChI=1S/C21H18N2O4S/c1-14(11-15-5-3-2-4-6-15)12-18-20(26)23(21(27)28-18)13-19(25)22-16-7-9-17(24)10-8-16/h2-12,24H,13H2,1H3,(H,22,25). The number of allylic oxidation sites excluding steroid dienone is 2. The minimum Gasteiger partial charge on any atom is -0.508 e. The minimum atomic E-state index is -0.495. The number of thioether (sulfide) groups is 1. The van der Waals surface area contributed by atoms with Crippen molar-refractivity contribution in [3.8, 4) is 5.75 Å². The molecule has 0 saturated carbocycles. The van der Waals surface area contributed by atoms with E-state index in [9.17, 15) is 19.5 Å². The molecule has 0 aliphatic carbocycles. The normalized spacial score (nSPS) is 16.0. The summed E-state index contributed by atoms with van der Waals surface area (Å²) in [6, 6.07) is 15.5. The van der Waals surface area contributed by atoms with E-state index < -0.39 is 17.1 Å². The number of carbonyl (C=O) groups is 3. The molecule has 1 aliphatic rings. The van der Waals surface area contributed by atoms with E-state index in [0.29, 0.717) is 5.69 Å². The Balaban J connectivity index is 1.66. The Kier molecular flexibility index (Phi) is 5.96. The van der Waals surface area contributed by atoms with Crippen LogP contribution in [0.2, 0.25) is 0 Å². The molecule has 0 atom stereocenters. The molecule has 1 aliphatic heterocycles. The fourth-order valence-corrected chi connectivity index (χ4v) is 3.47. The van der Waals surface area contributed by atoms with Gasteiger partial charge in [-0.25, -0.2) is 0 Å². The summed E-state index contributed by atoms with van der Waals surface area (Å²) >= 11 is 0.816. The molecule has 28 heavy (non-hydrogen) atoms. The van der Waals surface area contributed by atoms with Crippen LogP contribution in [-0.2, 0) is 9.59 Å². The Morgan fingerprint density at radius 3 is 2.46 bits per heavy atom. The summed E-state index contributed by atoms with van der Waals surface area (Å²) in [6.45, 7) is 1.48. The van der Waals surface area contributed by atoms with Gasteiger partial charge < -0.3 is 10.4 Å². The Labute approximate surface area is 166 Å². The highest BCUT2D eigenvalue weighted by Crippen LogP contribution is 2.31. The summed E-state index contributed by atoms with van der Waals surface area (Å²) < 4.78 is 0. The molecule has 2 aromatic carbocycles. The van der Waals surface area contributed by atoms with Gasteiger partial charge in [0.25, 0.3) is 11.1 Å². The molecule has 3 rings (SSSR count). The van der Waals surface area contributed by atoms with Crippen LogP contribution >= 0.6 is 11.8 Å². The van der Waals surface area contributed by atoms with Gasteiger partial charge in [0.1, 0.15) is 12.3 Å². The lowest BCUT2D eigenvalue weighted by molar-refractivity contribution is -0.127. The van der Waals surface area contributed by atoms with E-state index in [4.69, 9.17) is 0 Å². The van der Waals surface area contributed by atoms with Crippen LogP contribution in [0.4, 0.5) is 10.5 Å². The number of aromatic hydroxyl groups is 1. The molecule has 1 saturated heterocycles. The quantitative estimate of drug-likeness (QED) is 0.591. The lowest BCUT2D eigenvalue weighted by Gasteiger charge is -2.12. The van der Waals surface area contributed by atoms with Crippen LogP contribution in [0.5, 0.6) is 5.75 Å². The van der Waals surface area contributed by atoms with Gasteiger partial charge in [-0.15, -0.1) is 0 Å². The highest BCUT2D eigenvalue weighted by molar-refractivity contribution is 8.18. The first-order valence-corrected chi connectivity index (χ1v) is 9.31. The van der Waals surface area contributed by atoms with Crippen LogP contribution in [0.25, 0.3) is 6.08 Å². The van der Waals surface area contributed by atoms with Crippen LogP contribution in [0.3, 0.4) is 0 Å². The number of carbonyl (C=O) groups excluding carboxylic acids is 3. The number of hydrogen-bond donors (Lipinski definition) is 2. The first-order valence-electron chi connectivity index (χ1n) is 8.50. The number of phenols is 1. The average Bonchev–Trinajstić information content (AvgIpc) is 2.91. The topological polar surface area (TPSA) is 86.7 Å². The van der Waals surface area contributed by atoms with Crippen LogP contribution in [0.15, 0.2) is 71.2 Å². The van der Waals surface area contributed by atoms with Gasteiger partial charge in [-0.3, -0.25) is 19.3 Å². The Bertz CT molecular complexity index is 966. The smallest absolute Gasteiger partial charge is 0.294 e.